The number of nitrogens with one attached hydrogen (secondary N) is 1. The van der Waals surface area contributed by atoms with Crippen molar-refractivity contribution >= 4 is 40.8 Å². The van der Waals surface area contributed by atoms with Crippen molar-refractivity contribution in [2.45, 2.75) is 24.6 Å². The number of thioether (sulfide) groups is 1. The first-order valence-electron chi connectivity index (χ1n) is 8.44. The lowest BCUT2D eigenvalue weighted by molar-refractivity contribution is 0.246. The lowest BCUT2D eigenvalue weighted by atomic mass is 10.1. The van der Waals surface area contributed by atoms with Crippen LogP contribution in [0.3, 0.4) is 0 Å². The van der Waals surface area contributed by atoms with Gasteiger partial charge in [-0.3, -0.25) is 5.43 Å². The van der Waals surface area contributed by atoms with Gasteiger partial charge in [0.1, 0.15) is 5.03 Å². The van der Waals surface area contributed by atoms with Gasteiger partial charge in [-0.25, -0.2) is 26.2 Å². The number of benzene rings is 1. The Kier molecular flexibility index (Phi) is 8.34. The number of nitrogens with two attached hydrogens (primary N) is 2. The van der Waals surface area contributed by atoms with Gasteiger partial charge in [0.2, 0.25) is 0 Å². The summed E-state index contributed by atoms with van der Waals surface area (Å²) in [5.41, 5.74) is 6.91. The number of halogens is 1. The molecule has 1 aromatic heterocycles. The van der Waals surface area contributed by atoms with Crippen molar-refractivity contribution in [2.24, 2.45) is 11.7 Å². The van der Waals surface area contributed by atoms with Gasteiger partial charge in [0, 0.05) is 17.5 Å². The molecule has 2 aromatic rings. The molecule has 1 heterocycles. The highest BCUT2D eigenvalue weighted by Crippen LogP contribution is 2.30. The van der Waals surface area contributed by atoms with E-state index in [-0.39, 0.29) is 0 Å². The van der Waals surface area contributed by atoms with Crippen molar-refractivity contribution in [3.63, 3.8) is 0 Å². The number of aryl methyl sites for hydroxylation is 1. The Morgan fingerprint density at radius 2 is 2.21 bits per heavy atom. The minimum absolute atomic E-state index is 0.588. The van der Waals surface area contributed by atoms with Gasteiger partial charge in [-0.15, -0.1) is 0 Å². The number of aromatic nitrogens is 2. The van der Waals surface area contributed by atoms with E-state index in [0.717, 1.165) is 26.9 Å². The molecule has 0 radical (unpaired) electrons. The van der Waals surface area contributed by atoms with E-state index in [2.05, 4.69) is 5.10 Å². The smallest absolute Gasteiger partial charge is 0.274 e. The van der Waals surface area contributed by atoms with Gasteiger partial charge in [-0.05, 0) is 55.3 Å². The van der Waals surface area contributed by atoms with E-state index in [0.29, 0.717) is 11.4 Å². The average Bonchev–Trinajstić information content (AvgIpc) is 3.17. The maximum Gasteiger partial charge on any atom is 0.350 e. The molecule has 0 spiro atoms. The molecule has 0 fully saturated rings. The number of carbonyl (C=O) groups excluding carboxylic acids is 1. The van der Waals surface area contributed by atoms with E-state index >= 15 is 0 Å². The molecule has 7 nitrogen and oxygen atoms in total. The number of anilines is 1. The van der Waals surface area contributed by atoms with E-state index in [4.69, 9.17) is 23.3 Å². The number of hydrogen-bond donors (Lipinski definition) is 3. The highest BCUT2D eigenvalue weighted by Gasteiger charge is 2.16. The Hall–Kier alpha value is -2.52. The third-order valence-corrected chi connectivity index (χ3v) is 4.95. The van der Waals surface area contributed by atoms with Gasteiger partial charge in [-0.2, -0.15) is 5.10 Å². The van der Waals surface area contributed by atoms with Gasteiger partial charge in [0.15, 0.2) is 0 Å². The third-order valence-electron chi connectivity index (χ3n) is 3.86. The standard InChI is InChI=1S/C19H23ClN6OS/c1-3-6-15(8-5-11-20)25-12-10-18(24-25)28-13-16-14(2)7-4-9-17(16)26(22)19(27)23-21/h3-12H,13,21-22H2,1-2H3,(H,23,27)/b6-3-,11-5+,15-8+. The normalized spacial score (nSPS) is 12.1. The predicted molar refractivity (Wildman–Crippen MR) is 116 cm³/mol. The Morgan fingerprint density at radius 1 is 1.43 bits per heavy atom. The van der Waals surface area contributed by atoms with Gasteiger partial charge in [0.05, 0.1) is 11.4 Å². The topological polar surface area (TPSA) is 102 Å². The van der Waals surface area contributed by atoms with Gasteiger partial charge in [0.25, 0.3) is 0 Å². The second-order valence-corrected chi connectivity index (χ2v) is 6.94. The quantitative estimate of drug-likeness (QED) is 0.208. The molecule has 0 aliphatic heterocycles. The van der Waals surface area contributed by atoms with Gasteiger partial charge >= 0.3 is 6.03 Å². The predicted octanol–water partition coefficient (Wildman–Crippen LogP) is 3.92. The molecule has 0 aliphatic rings. The molecule has 28 heavy (non-hydrogen) atoms. The highest BCUT2D eigenvalue weighted by atomic mass is 35.5. The van der Waals surface area contributed by atoms with Crippen LogP contribution in [0.1, 0.15) is 18.1 Å². The van der Waals surface area contributed by atoms with Crippen molar-refractivity contribution < 1.29 is 4.79 Å². The van der Waals surface area contributed by atoms with E-state index in [1.807, 2.05) is 61.9 Å². The lowest BCUT2D eigenvalue weighted by Gasteiger charge is -2.20. The molecule has 0 unspecified atom stereocenters. The van der Waals surface area contributed by atoms with Crippen molar-refractivity contribution in [3.8, 4) is 0 Å². The monoisotopic (exact) mass is 418 g/mol. The molecule has 0 atom stereocenters. The van der Waals surface area contributed by atoms with Crippen molar-refractivity contribution in [3.05, 3.63) is 71.4 Å². The molecule has 0 saturated carbocycles. The fraction of sp³-hybridized carbons (Fsp3) is 0.158. The summed E-state index contributed by atoms with van der Waals surface area (Å²) in [6.45, 7) is 3.91. The summed E-state index contributed by atoms with van der Waals surface area (Å²) in [5.74, 6) is 11.7. The van der Waals surface area contributed by atoms with E-state index in [9.17, 15) is 4.79 Å². The second-order valence-electron chi connectivity index (χ2n) is 5.69. The van der Waals surface area contributed by atoms with Crippen molar-refractivity contribution in [1.29, 1.82) is 0 Å². The van der Waals surface area contributed by atoms with Gasteiger partial charge < -0.3 is 0 Å². The summed E-state index contributed by atoms with van der Waals surface area (Å²) in [6, 6.07) is 6.93. The number of urea groups is 1. The van der Waals surface area contributed by atoms with Crippen LogP contribution >= 0.6 is 23.4 Å². The summed E-state index contributed by atoms with van der Waals surface area (Å²) in [4.78, 5) is 11.8. The van der Waals surface area contributed by atoms with E-state index in [1.54, 1.807) is 28.6 Å². The lowest BCUT2D eigenvalue weighted by Crippen LogP contribution is -2.48. The van der Waals surface area contributed by atoms with Crippen molar-refractivity contribution in [2.75, 3.05) is 5.01 Å². The summed E-state index contributed by atoms with van der Waals surface area (Å²) in [7, 11) is 0. The van der Waals surface area contributed by atoms with Crippen LogP contribution in [0, 0.1) is 6.92 Å². The Bertz CT molecular complexity index is 906. The molecule has 9 heteroatoms. The SMILES string of the molecule is C\C=C/C(=C\C=C\Cl)n1ccc(SCc2c(C)cccc2N(N)C(=O)NN)n1. The molecule has 148 valence electrons. The Labute approximate surface area is 173 Å². The molecule has 1 aromatic carbocycles. The number of rotatable bonds is 7. The van der Waals surface area contributed by atoms with Crippen molar-refractivity contribution in [1.82, 2.24) is 15.2 Å². The Balaban J connectivity index is 2.22. The van der Waals surface area contributed by atoms with Crippen LogP contribution in [0.2, 0.25) is 0 Å². The number of nitrogens with zero attached hydrogens (tertiary/aromatic N) is 3. The minimum Gasteiger partial charge on any atom is -0.274 e. The van der Waals surface area contributed by atoms with Crippen LogP contribution in [0.25, 0.3) is 5.70 Å². The van der Waals surface area contributed by atoms with Crippen LogP contribution in [-0.4, -0.2) is 15.8 Å². The van der Waals surface area contributed by atoms with E-state index in [1.165, 1.54) is 5.54 Å². The molecule has 5 N–H and O–H groups in total. The largest absolute Gasteiger partial charge is 0.350 e. The fourth-order valence-corrected chi connectivity index (χ4v) is 3.51. The van der Waals surface area contributed by atoms with Crippen LogP contribution in [0.15, 0.2) is 65.3 Å². The zero-order valence-corrected chi connectivity index (χ0v) is 17.2. The number of hydrazine groups is 2. The highest BCUT2D eigenvalue weighted by molar-refractivity contribution is 7.98. The molecular formula is C19H23ClN6OS. The van der Waals surface area contributed by atoms with E-state index < -0.39 is 6.03 Å². The van der Waals surface area contributed by atoms with Gasteiger partial charge in [-0.1, -0.05) is 41.6 Å². The molecule has 0 saturated heterocycles. The summed E-state index contributed by atoms with van der Waals surface area (Å²) in [6.07, 6.45) is 9.36. The van der Waals surface area contributed by atoms with Crippen LogP contribution < -0.4 is 22.1 Å². The summed E-state index contributed by atoms with van der Waals surface area (Å²) >= 11 is 7.16. The second kappa shape index (κ2) is 10.7. The first-order valence-corrected chi connectivity index (χ1v) is 9.86. The molecular weight excluding hydrogens is 396 g/mol. The molecule has 2 amide bonds. The first-order chi connectivity index (χ1) is 13.5. The maximum atomic E-state index is 11.8. The zero-order chi connectivity index (χ0) is 20.5. The number of carbonyl (C=O) groups is 1. The molecule has 2 rings (SSSR count). The first kappa shape index (κ1) is 21.8. The number of hydrogen-bond acceptors (Lipinski definition) is 5. The number of amides is 2. The number of allylic oxidation sites excluding steroid dienone is 5. The minimum atomic E-state index is -0.588. The summed E-state index contributed by atoms with van der Waals surface area (Å²) < 4.78 is 1.77. The van der Waals surface area contributed by atoms with Crippen LogP contribution in [-0.2, 0) is 5.75 Å². The third kappa shape index (κ3) is 5.49. The van der Waals surface area contributed by atoms with Crippen LogP contribution in [0.5, 0.6) is 0 Å². The fourth-order valence-electron chi connectivity index (χ4n) is 2.47. The average molecular weight is 419 g/mol. The zero-order valence-electron chi connectivity index (χ0n) is 15.7. The summed E-state index contributed by atoms with van der Waals surface area (Å²) in [5, 5.41) is 6.44. The maximum absolute atomic E-state index is 11.8. The molecule has 0 aliphatic carbocycles. The Morgan fingerprint density at radius 3 is 2.89 bits per heavy atom. The van der Waals surface area contributed by atoms with Crippen LogP contribution in [0.4, 0.5) is 10.5 Å². The molecule has 0 bridgehead atoms.